The SMILES string of the molecule is O=C1NC(=O)C(CNC(=O)c2cnn(Cc3ccc(F)cc3)n2)(c2ccnn2C(F)F)N1. The Labute approximate surface area is 177 Å². The number of amides is 4. The lowest BCUT2D eigenvalue weighted by atomic mass is 9.95. The zero-order valence-corrected chi connectivity index (χ0v) is 16.1. The number of carbonyl (C=O) groups excluding carboxylic acids is 3. The molecule has 0 spiro atoms. The van der Waals surface area contributed by atoms with Gasteiger partial charge in [-0.05, 0) is 23.8 Å². The fourth-order valence-corrected chi connectivity index (χ4v) is 3.23. The predicted octanol–water partition coefficient (Wildman–Crippen LogP) is 0.522. The minimum Gasteiger partial charge on any atom is -0.347 e. The number of urea groups is 1. The van der Waals surface area contributed by atoms with E-state index in [1.807, 2.05) is 5.32 Å². The molecule has 1 unspecified atom stereocenters. The van der Waals surface area contributed by atoms with Crippen LogP contribution in [0.5, 0.6) is 0 Å². The van der Waals surface area contributed by atoms with Crippen LogP contribution < -0.4 is 16.0 Å². The van der Waals surface area contributed by atoms with Gasteiger partial charge < -0.3 is 10.6 Å². The topological polar surface area (TPSA) is 136 Å². The molecule has 166 valence electrons. The minimum atomic E-state index is -3.08. The molecule has 1 fully saturated rings. The Kier molecular flexibility index (Phi) is 5.34. The number of halogens is 3. The number of imide groups is 1. The fourth-order valence-electron chi connectivity index (χ4n) is 3.23. The van der Waals surface area contributed by atoms with E-state index in [4.69, 9.17) is 0 Å². The van der Waals surface area contributed by atoms with Gasteiger partial charge in [-0.3, -0.25) is 14.9 Å². The zero-order chi connectivity index (χ0) is 22.9. The lowest BCUT2D eigenvalue weighted by molar-refractivity contribution is -0.124. The Morgan fingerprint density at radius 3 is 2.56 bits per heavy atom. The summed E-state index contributed by atoms with van der Waals surface area (Å²) in [6.45, 7) is -3.46. The van der Waals surface area contributed by atoms with Gasteiger partial charge in [0.15, 0.2) is 11.2 Å². The molecule has 0 radical (unpaired) electrons. The quantitative estimate of drug-likeness (QED) is 0.451. The molecule has 1 atom stereocenters. The molecule has 1 aliphatic rings. The lowest BCUT2D eigenvalue weighted by Gasteiger charge is -2.26. The lowest BCUT2D eigenvalue weighted by Crippen LogP contribution is -2.53. The van der Waals surface area contributed by atoms with Gasteiger partial charge in [-0.2, -0.15) is 23.8 Å². The number of benzene rings is 1. The number of rotatable bonds is 7. The van der Waals surface area contributed by atoms with Gasteiger partial charge in [0.25, 0.3) is 11.8 Å². The molecular weight excluding hydrogens is 433 g/mol. The molecule has 11 nitrogen and oxygen atoms in total. The van der Waals surface area contributed by atoms with E-state index in [1.54, 1.807) is 0 Å². The average molecular weight is 448 g/mol. The predicted molar refractivity (Wildman–Crippen MR) is 99.7 cm³/mol. The van der Waals surface area contributed by atoms with Crippen molar-refractivity contribution in [2.45, 2.75) is 18.6 Å². The van der Waals surface area contributed by atoms with Crippen LogP contribution in [0, 0.1) is 5.82 Å². The first-order chi connectivity index (χ1) is 15.3. The molecule has 3 heterocycles. The highest BCUT2D eigenvalue weighted by atomic mass is 19.3. The van der Waals surface area contributed by atoms with Gasteiger partial charge in [-0.1, -0.05) is 12.1 Å². The van der Waals surface area contributed by atoms with E-state index in [2.05, 4.69) is 25.9 Å². The normalized spacial score (nSPS) is 18.0. The molecule has 4 rings (SSSR count). The van der Waals surface area contributed by atoms with Crippen molar-refractivity contribution >= 4 is 17.8 Å². The Bertz CT molecular complexity index is 1180. The fraction of sp³-hybridized carbons (Fsp3) is 0.222. The summed E-state index contributed by atoms with van der Waals surface area (Å²) >= 11 is 0. The molecule has 0 aliphatic carbocycles. The van der Waals surface area contributed by atoms with E-state index in [9.17, 15) is 27.6 Å². The minimum absolute atomic E-state index is 0.116. The third kappa shape index (κ3) is 3.89. The van der Waals surface area contributed by atoms with E-state index < -0.39 is 42.3 Å². The molecular formula is C18H15F3N8O3. The van der Waals surface area contributed by atoms with Crippen LogP contribution >= 0.6 is 0 Å². The van der Waals surface area contributed by atoms with Gasteiger partial charge in [0.1, 0.15) is 5.82 Å². The molecule has 32 heavy (non-hydrogen) atoms. The molecule has 0 bridgehead atoms. The summed E-state index contributed by atoms with van der Waals surface area (Å²) in [5, 5.41) is 18.1. The summed E-state index contributed by atoms with van der Waals surface area (Å²) < 4.78 is 39.9. The molecule has 1 aliphatic heterocycles. The van der Waals surface area contributed by atoms with Gasteiger partial charge in [0.05, 0.1) is 25.0 Å². The highest BCUT2D eigenvalue weighted by Crippen LogP contribution is 2.27. The van der Waals surface area contributed by atoms with Gasteiger partial charge in [-0.15, -0.1) is 5.10 Å². The van der Waals surface area contributed by atoms with Crippen molar-refractivity contribution in [3.63, 3.8) is 0 Å². The van der Waals surface area contributed by atoms with Crippen LogP contribution in [0.25, 0.3) is 0 Å². The van der Waals surface area contributed by atoms with Gasteiger partial charge in [0.2, 0.25) is 0 Å². The third-order valence-corrected chi connectivity index (χ3v) is 4.75. The maximum Gasteiger partial charge on any atom is 0.333 e. The summed E-state index contributed by atoms with van der Waals surface area (Å²) in [5.74, 6) is -2.08. The van der Waals surface area contributed by atoms with E-state index in [0.29, 0.717) is 5.56 Å². The third-order valence-electron chi connectivity index (χ3n) is 4.75. The second-order valence-corrected chi connectivity index (χ2v) is 6.82. The Morgan fingerprint density at radius 2 is 1.91 bits per heavy atom. The second kappa shape index (κ2) is 8.13. The molecule has 1 saturated heterocycles. The zero-order valence-electron chi connectivity index (χ0n) is 16.1. The monoisotopic (exact) mass is 448 g/mol. The summed E-state index contributed by atoms with van der Waals surface area (Å²) in [7, 11) is 0. The number of hydrogen-bond acceptors (Lipinski definition) is 6. The van der Waals surface area contributed by atoms with Crippen LogP contribution in [0.3, 0.4) is 0 Å². The van der Waals surface area contributed by atoms with E-state index in [-0.39, 0.29) is 22.6 Å². The Hall–Kier alpha value is -4.23. The van der Waals surface area contributed by atoms with E-state index >= 15 is 0 Å². The molecule has 3 N–H and O–H groups in total. The molecule has 0 saturated carbocycles. The van der Waals surface area contributed by atoms with Crippen LogP contribution in [0.15, 0.2) is 42.7 Å². The summed E-state index contributed by atoms with van der Waals surface area (Å²) in [4.78, 5) is 37.9. The number of carbonyl (C=O) groups is 3. The van der Waals surface area contributed by atoms with Crippen molar-refractivity contribution in [3.8, 4) is 0 Å². The van der Waals surface area contributed by atoms with Gasteiger partial charge in [0, 0.05) is 6.20 Å². The maximum absolute atomic E-state index is 13.3. The van der Waals surface area contributed by atoms with Gasteiger partial charge >= 0.3 is 12.6 Å². The Morgan fingerprint density at radius 1 is 1.16 bits per heavy atom. The van der Waals surface area contributed by atoms with Crippen LogP contribution in [0.4, 0.5) is 18.0 Å². The summed E-state index contributed by atoms with van der Waals surface area (Å²) in [6.07, 6.45) is 2.21. The van der Waals surface area contributed by atoms with Crippen LogP contribution in [-0.2, 0) is 16.9 Å². The highest BCUT2D eigenvalue weighted by Gasteiger charge is 2.51. The average Bonchev–Trinajstić information content (AvgIpc) is 3.47. The van der Waals surface area contributed by atoms with Crippen LogP contribution in [-0.4, -0.2) is 49.2 Å². The first kappa shape index (κ1) is 21.0. The van der Waals surface area contributed by atoms with Crippen molar-refractivity contribution < 1.29 is 27.6 Å². The van der Waals surface area contributed by atoms with Gasteiger partial charge in [-0.25, -0.2) is 13.9 Å². The maximum atomic E-state index is 13.3. The van der Waals surface area contributed by atoms with Crippen molar-refractivity contribution in [2.75, 3.05) is 6.54 Å². The number of nitrogens with one attached hydrogen (secondary N) is 3. The first-order valence-corrected chi connectivity index (χ1v) is 9.17. The smallest absolute Gasteiger partial charge is 0.333 e. The van der Waals surface area contributed by atoms with Crippen molar-refractivity contribution in [1.82, 2.24) is 40.7 Å². The highest BCUT2D eigenvalue weighted by molar-refractivity contribution is 6.07. The largest absolute Gasteiger partial charge is 0.347 e. The van der Waals surface area contributed by atoms with Crippen LogP contribution in [0.1, 0.15) is 28.3 Å². The van der Waals surface area contributed by atoms with E-state index in [1.165, 1.54) is 35.3 Å². The second-order valence-electron chi connectivity index (χ2n) is 6.82. The number of hydrogen-bond donors (Lipinski definition) is 3. The van der Waals surface area contributed by atoms with Crippen molar-refractivity contribution in [3.05, 3.63) is 65.5 Å². The summed E-state index contributed by atoms with van der Waals surface area (Å²) in [6, 6.07) is 5.86. The number of nitrogens with zero attached hydrogens (tertiary/aromatic N) is 5. The van der Waals surface area contributed by atoms with Crippen molar-refractivity contribution in [1.29, 1.82) is 0 Å². The standard InChI is InChI=1S/C18H15F3N8O3/c19-11-3-1-10(2-4-11)8-28-24-7-12(27-28)14(30)22-9-18(15(31)25-17(32)26-18)13-5-6-23-29(13)16(20)21/h1-7,16H,8-9H2,(H,22,30)(H2,25,26,31,32). The number of aromatic nitrogens is 5. The summed E-state index contributed by atoms with van der Waals surface area (Å²) in [5.41, 5.74) is -1.73. The molecule has 14 heteroatoms. The Balaban J connectivity index is 1.50. The van der Waals surface area contributed by atoms with E-state index in [0.717, 1.165) is 12.3 Å². The molecule has 1 aromatic carbocycles. The molecule has 4 amide bonds. The van der Waals surface area contributed by atoms with Crippen molar-refractivity contribution in [2.24, 2.45) is 0 Å². The van der Waals surface area contributed by atoms with Crippen LogP contribution in [0.2, 0.25) is 0 Å². The molecule has 3 aromatic rings. The number of alkyl halides is 2. The molecule has 2 aromatic heterocycles. The first-order valence-electron chi connectivity index (χ1n) is 9.17.